The molecule has 0 bridgehead atoms. The summed E-state index contributed by atoms with van der Waals surface area (Å²) < 4.78 is 15.4. The fourth-order valence-corrected chi connectivity index (χ4v) is 3.96. The predicted molar refractivity (Wildman–Crippen MR) is 122 cm³/mol. The summed E-state index contributed by atoms with van der Waals surface area (Å²) >= 11 is 0. The van der Waals surface area contributed by atoms with Gasteiger partial charge in [-0.1, -0.05) is 60.7 Å². The molecular weight excluding hydrogens is 389 g/mol. The number of para-hydroxylation sites is 2. The summed E-state index contributed by atoms with van der Waals surface area (Å²) in [6.45, 7) is 0.0944. The molecule has 0 saturated carbocycles. The highest BCUT2D eigenvalue weighted by molar-refractivity contribution is 5.92. The van der Waals surface area contributed by atoms with Crippen molar-refractivity contribution in [3.63, 3.8) is 0 Å². The predicted octanol–water partition coefficient (Wildman–Crippen LogP) is 5.56. The van der Waals surface area contributed by atoms with Gasteiger partial charge in [0, 0.05) is 12.1 Å². The number of rotatable bonds is 5. The molecule has 1 N–H and O–H groups in total. The molecule has 0 saturated heterocycles. The second-order valence-electron chi connectivity index (χ2n) is 7.48. The van der Waals surface area contributed by atoms with Crippen molar-refractivity contribution in [2.24, 2.45) is 0 Å². The SMILES string of the molecule is O=C(Cn1c(Cc2cccc3ccccc23)nc2ccccc21)Nc1cccc(F)c1. The molecule has 4 nitrogen and oxygen atoms in total. The molecule has 0 spiro atoms. The lowest BCUT2D eigenvalue weighted by Crippen LogP contribution is -2.20. The third-order valence-electron chi connectivity index (χ3n) is 5.37. The number of fused-ring (bicyclic) bond motifs is 2. The zero-order valence-corrected chi connectivity index (χ0v) is 16.8. The lowest BCUT2D eigenvalue weighted by molar-refractivity contribution is -0.116. The Morgan fingerprint density at radius 3 is 2.58 bits per heavy atom. The minimum absolute atomic E-state index is 0.0944. The van der Waals surface area contributed by atoms with Gasteiger partial charge >= 0.3 is 0 Å². The van der Waals surface area contributed by atoms with E-state index < -0.39 is 0 Å². The fourth-order valence-electron chi connectivity index (χ4n) is 3.96. The minimum atomic E-state index is -0.387. The number of halogens is 1. The molecular formula is C26H20FN3O. The molecule has 0 radical (unpaired) electrons. The second kappa shape index (κ2) is 8.03. The third-order valence-corrected chi connectivity index (χ3v) is 5.37. The molecule has 31 heavy (non-hydrogen) atoms. The van der Waals surface area contributed by atoms with Gasteiger partial charge in [0.15, 0.2) is 0 Å². The zero-order valence-electron chi connectivity index (χ0n) is 16.8. The Bertz CT molecular complexity index is 1400. The Labute approximate surface area is 179 Å². The first-order chi connectivity index (χ1) is 15.2. The number of aromatic nitrogens is 2. The molecule has 0 aliphatic carbocycles. The Morgan fingerprint density at radius 2 is 1.68 bits per heavy atom. The molecule has 0 aliphatic heterocycles. The van der Waals surface area contributed by atoms with Crippen LogP contribution in [0.4, 0.5) is 10.1 Å². The number of nitrogens with zero attached hydrogens (tertiary/aromatic N) is 2. The highest BCUT2D eigenvalue weighted by Gasteiger charge is 2.15. The van der Waals surface area contributed by atoms with E-state index in [4.69, 9.17) is 4.98 Å². The number of hydrogen-bond acceptors (Lipinski definition) is 2. The largest absolute Gasteiger partial charge is 0.324 e. The zero-order chi connectivity index (χ0) is 21.2. The quantitative estimate of drug-likeness (QED) is 0.413. The maximum Gasteiger partial charge on any atom is 0.244 e. The lowest BCUT2D eigenvalue weighted by Gasteiger charge is -2.11. The van der Waals surface area contributed by atoms with E-state index in [9.17, 15) is 9.18 Å². The van der Waals surface area contributed by atoms with Crippen LogP contribution >= 0.6 is 0 Å². The van der Waals surface area contributed by atoms with Gasteiger partial charge in [0.05, 0.1) is 11.0 Å². The number of benzene rings is 4. The lowest BCUT2D eigenvalue weighted by atomic mass is 10.0. The Hall–Kier alpha value is -3.99. The molecule has 0 aliphatic rings. The van der Waals surface area contributed by atoms with Gasteiger partial charge in [0.1, 0.15) is 18.2 Å². The number of amides is 1. The van der Waals surface area contributed by atoms with Crippen LogP contribution in [0.25, 0.3) is 21.8 Å². The van der Waals surface area contributed by atoms with E-state index in [1.165, 1.54) is 22.9 Å². The van der Waals surface area contributed by atoms with Gasteiger partial charge in [-0.3, -0.25) is 4.79 Å². The van der Waals surface area contributed by atoms with Crippen LogP contribution in [0.1, 0.15) is 11.4 Å². The van der Waals surface area contributed by atoms with E-state index >= 15 is 0 Å². The topological polar surface area (TPSA) is 46.9 Å². The van der Waals surface area contributed by atoms with Crippen molar-refractivity contribution in [1.29, 1.82) is 0 Å². The average molecular weight is 409 g/mol. The van der Waals surface area contributed by atoms with Crippen LogP contribution in [-0.4, -0.2) is 15.5 Å². The van der Waals surface area contributed by atoms with Crippen LogP contribution < -0.4 is 5.32 Å². The van der Waals surface area contributed by atoms with Crippen molar-refractivity contribution < 1.29 is 9.18 Å². The van der Waals surface area contributed by atoms with Crippen molar-refractivity contribution >= 4 is 33.4 Å². The van der Waals surface area contributed by atoms with Crippen LogP contribution in [0.2, 0.25) is 0 Å². The summed E-state index contributed by atoms with van der Waals surface area (Å²) in [6.07, 6.45) is 0.600. The molecule has 5 rings (SSSR count). The van der Waals surface area contributed by atoms with Crippen molar-refractivity contribution in [1.82, 2.24) is 9.55 Å². The first kappa shape index (κ1) is 19.0. The highest BCUT2D eigenvalue weighted by Crippen LogP contribution is 2.24. The molecule has 5 heteroatoms. The van der Waals surface area contributed by atoms with Crippen molar-refractivity contribution in [3.8, 4) is 0 Å². The van der Waals surface area contributed by atoms with Crippen LogP contribution in [0, 0.1) is 5.82 Å². The van der Waals surface area contributed by atoms with Gasteiger partial charge in [-0.05, 0) is 46.7 Å². The Morgan fingerprint density at radius 1 is 0.903 bits per heavy atom. The summed E-state index contributed by atoms with van der Waals surface area (Å²) in [5, 5.41) is 5.13. The summed E-state index contributed by atoms with van der Waals surface area (Å²) in [5.74, 6) is 0.197. The Balaban J connectivity index is 1.50. The number of hydrogen-bond donors (Lipinski definition) is 1. The van der Waals surface area contributed by atoms with Crippen LogP contribution in [-0.2, 0) is 17.8 Å². The molecule has 4 aromatic carbocycles. The van der Waals surface area contributed by atoms with Gasteiger partial charge in [-0.2, -0.15) is 0 Å². The fraction of sp³-hybridized carbons (Fsp3) is 0.0769. The van der Waals surface area contributed by atoms with E-state index in [0.717, 1.165) is 22.4 Å². The summed E-state index contributed by atoms with van der Waals surface area (Å²) in [7, 11) is 0. The van der Waals surface area contributed by atoms with Gasteiger partial charge in [0.25, 0.3) is 0 Å². The van der Waals surface area contributed by atoms with E-state index in [2.05, 4.69) is 29.6 Å². The summed E-state index contributed by atoms with van der Waals surface area (Å²) in [6, 6.07) is 28.2. The number of carbonyl (C=O) groups excluding carboxylic acids is 1. The van der Waals surface area contributed by atoms with Crippen molar-refractivity contribution in [3.05, 3.63) is 108 Å². The molecule has 5 aromatic rings. The minimum Gasteiger partial charge on any atom is -0.324 e. The van der Waals surface area contributed by atoms with Gasteiger partial charge in [-0.25, -0.2) is 9.37 Å². The van der Waals surface area contributed by atoms with E-state index in [-0.39, 0.29) is 18.3 Å². The molecule has 1 aromatic heterocycles. The second-order valence-corrected chi connectivity index (χ2v) is 7.48. The molecule has 1 amide bonds. The smallest absolute Gasteiger partial charge is 0.244 e. The number of anilines is 1. The van der Waals surface area contributed by atoms with Crippen LogP contribution in [0.5, 0.6) is 0 Å². The van der Waals surface area contributed by atoms with Crippen molar-refractivity contribution in [2.75, 3.05) is 5.32 Å². The molecule has 0 fully saturated rings. The summed E-state index contributed by atoms with van der Waals surface area (Å²) in [4.78, 5) is 17.6. The first-order valence-electron chi connectivity index (χ1n) is 10.1. The van der Waals surface area contributed by atoms with Crippen molar-refractivity contribution in [2.45, 2.75) is 13.0 Å². The van der Waals surface area contributed by atoms with Gasteiger partial charge in [0.2, 0.25) is 5.91 Å². The maximum absolute atomic E-state index is 13.5. The number of nitrogens with one attached hydrogen (secondary N) is 1. The van der Waals surface area contributed by atoms with Gasteiger partial charge in [-0.15, -0.1) is 0 Å². The monoisotopic (exact) mass is 409 g/mol. The van der Waals surface area contributed by atoms with Crippen LogP contribution in [0.3, 0.4) is 0 Å². The van der Waals surface area contributed by atoms with E-state index in [1.54, 1.807) is 12.1 Å². The third kappa shape index (κ3) is 3.90. The Kier molecular flexibility index (Phi) is 4.92. The highest BCUT2D eigenvalue weighted by atomic mass is 19.1. The standard InChI is InChI=1S/C26H20FN3O/c27-20-10-6-11-21(16-20)28-26(31)17-30-24-14-4-3-13-23(24)29-25(30)15-19-9-5-8-18-7-1-2-12-22(18)19/h1-14,16H,15,17H2,(H,28,31). The normalized spacial score (nSPS) is 11.1. The summed E-state index contributed by atoms with van der Waals surface area (Å²) in [5.41, 5.74) is 3.33. The maximum atomic E-state index is 13.5. The number of imidazole rings is 1. The van der Waals surface area contributed by atoms with E-state index in [0.29, 0.717) is 12.1 Å². The van der Waals surface area contributed by atoms with E-state index in [1.807, 2.05) is 47.0 Å². The molecule has 152 valence electrons. The average Bonchev–Trinajstić information content (AvgIpc) is 3.11. The first-order valence-corrected chi connectivity index (χ1v) is 10.1. The molecule has 0 unspecified atom stereocenters. The van der Waals surface area contributed by atoms with Crippen LogP contribution in [0.15, 0.2) is 91.0 Å². The van der Waals surface area contributed by atoms with Gasteiger partial charge < -0.3 is 9.88 Å². The molecule has 1 heterocycles. The molecule has 0 atom stereocenters. The number of carbonyl (C=O) groups is 1.